The predicted octanol–water partition coefficient (Wildman–Crippen LogP) is 3.22. The fourth-order valence-corrected chi connectivity index (χ4v) is 2.21. The first-order chi connectivity index (χ1) is 9.63. The molecule has 1 unspecified atom stereocenters. The van der Waals surface area contributed by atoms with Gasteiger partial charge in [-0.1, -0.05) is 13.0 Å². The molecule has 0 aliphatic heterocycles. The van der Waals surface area contributed by atoms with Gasteiger partial charge in [-0.15, -0.1) is 0 Å². The molecular formula is C16H18FN3. The van der Waals surface area contributed by atoms with Crippen molar-refractivity contribution in [1.29, 1.82) is 5.26 Å². The molecule has 0 aliphatic carbocycles. The Kier molecular flexibility index (Phi) is 4.54. The number of nitrogens with one attached hydrogen (secondary N) is 1. The number of aromatic nitrogens is 1. The van der Waals surface area contributed by atoms with Crippen LogP contribution in [0.15, 0.2) is 36.7 Å². The van der Waals surface area contributed by atoms with Crippen LogP contribution in [0.3, 0.4) is 0 Å². The maximum Gasteiger partial charge on any atom is 0.140 e. The summed E-state index contributed by atoms with van der Waals surface area (Å²) in [5.74, 6) is -0.467. The highest BCUT2D eigenvalue weighted by Crippen LogP contribution is 2.15. The highest BCUT2D eigenvalue weighted by Gasteiger charge is 2.07. The fourth-order valence-electron chi connectivity index (χ4n) is 2.21. The first-order valence-electron chi connectivity index (χ1n) is 6.71. The molecule has 104 valence electrons. The third kappa shape index (κ3) is 3.25. The molecule has 1 aromatic heterocycles. The van der Waals surface area contributed by atoms with Crippen molar-refractivity contribution in [3.63, 3.8) is 0 Å². The lowest BCUT2D eigenvalue weighted by atomic mass is 10.1. The molecule has 0 saturated heterocycles. The lowest BCUT2D eigenvalue weighted by molar-refractivity contribution is 0.596. The Labute approximate surface area is 118 Å². The zero-order chi connectivity index (χ0) is 14.5. The van der Waals surface area contributed by atoms with E-state index in [1.54, 1.807) is 12.1 Å². The summed E-state index contributed by atoms with van der Waals surface area (Å²) in [6.07, 6.45) is 4.07. The van der Waals surface area contributed by atoms with Crippen molar-refractivity contribution < 1.29 is 4.39 Å². The molecule has 0 bridgehead atoms. The summed E-state index contributed by atoms with van der Waals surface area (Å²) in [5.41, 5.74) is 2.23. The Morgan fingerprint density at radius 2 is 2.20 bits per heavy atom. The van der Waals surface area contributed by atoms with Gasteiger partial charge in [-0.2, -0.15) is 5.26 Å². The van der Waals surface area contributed by atoms with E-state index in [4.69, 9.17) is 5.26 Å². The standard InChI is InChI=1S/C16H18FN3/c1-3-19-12(2)14-6-7-20(11-14)10-13-4-5-16(17)15(8-13)9-18/h4-8,11-12,19H,3,10H2,1-2H3. The second kappa shape index (κ2) is 6.36. The number of rotatable bonds is 5. The van der Waals surface area contributed by atoms with Crippen LogP contribution in [0.1, 0.15) is 36.6 Å². The monoisotopic (exact) mass is 271 g/mol. The van der Waals surface area contributed by atoms with Gasteiger partial charge in [-0.3, -0.25) is 0 Å². The minimum atomic E-state index is -0.467. The van der Waals surface area contributed by atoms with Gasteiger partial charge >= 0.3 is 0 Å². The smallest absolute Gasteiger partial charge is 0.140 e. The summed E-state index contributed by atoms with van der Waals surface area (Å²) in [7, 11) is 0. The maximum absolute atomic E-state index is 13.3. The predicted molar refractivity (Wildman–Crippen MR) is 76.7 cm³/mol. The first kappa shape index (κ1) is 14.3. The van der Waals surface area contributed by atoms with E-state index in [-0.39, 0.29) is 5.56 Å². The van der Waals surface area contributed by atoms with Crippen LogP contribution in [-0.2, 0) is 6.54 Å². The molecular weight excluding hydrogens is 253 g/mol. The Balaban J connectivity index is 2.13. The van der Waals surface area contributed by atoms with E-state index in [0.717, 1.165) is 12.1 Å². The maximum atomic E-state index is 13.3. The van der Waals surface area contributed by atoms with Gasteiger partial charge < -0.3 is 9.88 Å². The number of nitriles is 1. The van der Waals surface area contributed by atoms with Crippen LogP contribution < -0.4 is 5.32 Å². The van der Waals surface area contributed by atoms with Crippen LogP contribution in [0, 0.1) is 17.1 Å². The molecule has 0 saturated carbocycles. The van der Waals surface area contributed by atoms with Crippen molar-refractivity contribution in [2.24, 2.45) is 0 Å². The average molecular weight is 271 g/mol. The zero-order valence-electron chi connectivity index (χ0n) is 11.7. The molecule has 0 spiro atoms. The number of hydrogen-bond donors (Lipinski definition) is 1. The van der Waals surface area contributed by atoms with Gasteiger partial charge in [0.15, 0.2) is 0 Å². The SMILES string of the molecule is CCNC(C)c1ccn(Cc2ccc(F)c(C#N)c2)c1. The van der Waals surface area contributed by atoms with E-state index in [1.807, 2.05) is 16.8 Å². The van der Waals surface area contributed by atoms with Crippen molar-refractivity contribution in [2.75, 3.05) is 6.54 Å². The molecule has 2 aromatic rings. The van der Waals surface area contributed by atoms with Gasteiger partial charge in [0.05, 0.1) is 5.56 Å². The van der Waals surface area contributed by atoms with Gasteiger partial charge in [0.2, 0.25) is 0 Å². The van der Waals surface area contributed by atoms with Crippen molar-refractivity contribution >= 4 is 0 Å². The van der Waals surface area contributed by atoms with E-state index in [2.05, 4.69) is 31.4 Å². The molecule has 0 fully saturated rings. The molecule has 1 aromatic carbocycles. The number of benzene rings is 1. The quantitative estimate of drug-likeness (QED) is 0.907. The molecule has 2 rings (SSSR count). The Bertz CT molecular complexity index is 625. The van der Waals surface area contributed by atoms with Crippen LogP contribution in [0.5, 0.6) is 0 Å². The van der Waals surface area contributed by atoms with Gasteiger partial charge in [0.25, 0.3) is 0 Å². The summed E-state index contributed by atoms with van der Waals surface area (Å²) in [5, 5.41) is 12.2. The third-order valence-corrected chi connectivity index (χ3v) is 3.30. The van der Waals surface area contributed by atoms with E-state index >= 15 is 0 Å². The second-order valence-electron chi connectivity index (χ2n) is 4.82. The number of halogens is 1. The molecule has 1 atom stereocenters. The van der Waals surface area contributed by atoms with Gasteiger partial charge in [-0.05, 0) is 42.8 Å². The molecule has 0 aliphatic rings. The van der Waals surface area contributed by atoms with E-state index in [0.29, 0.717) is 12.6 Å². The summed E-state index contributed by atoms with van der Waals surface area (Å²) in [6, 6.07) is 8.91. The molecule has 1 heterocycles. The molecule has 0 radical (unpaired) electrons. The van der Waals surface area contributed by atoms with Crippen LogP contribution >= 0.6 is 0 Å². The zero-order valence-corrected chi connectivity index (χ0v) is 11.7. The third-order valence-electron chi connectivity index (χ3n) is 3.30. The van der Waals surface area contributed by atoms with Gasteiger partial charge in [0, 0.05) is 25.0 Å². The minimum absolute atomic E-state index is 0.0934. The molecule has 20 heavy (non-hydrogen) atoms. The van der Waals surface area contributed by atoms with E-state index in [1.165, 1.54) is 11.6 Å². The van der Waals surface area contributed by atoms with Crippen LogP contribution in [0.4, 0.5) is 4.39 Å². The highest BCUT2D eigenvalue weighted by molar-refractivity contribution is 5.34. The van der Waals surface area contributed by atoms with Crippen LogP contribution in [0.25, 0.3) is 0 Å². The summed E-state index contributed by atoms with van der Waals surface area (Å²) in [6.45, 7) is 5.76. The van der Waals surface area contributed by atoms with Gasteiger partial charge in [-0.25, -0.2) is 4.39 Å². The van der Waals surface area contributed by atoms with Crippen LogP contribution in [0.2, 0.25) is 0 Å². The highest BCUT2D eigenvalue weighted by atomic mass is 19.1. The van der Waals surface area contributed by atoms with Crippen molar-refractivity contribution in [3.05, 3.63) is 59.2 Å². The lowest BCUT2D eigenvalue weighted by Crippen LogP contribution is -2.17. The first-order valence-corrected chi connectivity index (χ1v) is 6.71. The molecule has 0 amide bonds. The normalized spacial score (nSPS) is 12.1. The van der Waals surface area contributed by atoms with Crippen molar-refractivity contribution in [2.45, 2.75) is 26.4 Å². The van der Waals surface area contributed by atoms with Crippen LogP contribution in [-0.4, -0.2) is 11.1 Å². The summed E-state index contributed by atoms with van der Waals surface area (Å²) < 4.78 is 15.3. The van der Waals surface area contributed by atoms with Gasteiger partial charge in [0.1, 0.15) is 11.9 Å². The largest absolute Gasteiger partial charge is 0.350 e. The fraction of sp³-hybridized carbons (Fsp3) is 0.312. The number of nitrogens with zero attached hydrogens (tertiary/aromatic N) is 2. The summed E-state index contributed by atoms with van der Waals surface area (Å²) >= 11 is 0. The Morgan fingerprint density at radius 3 is 2.90 bits per heavy atom. The Hall–Kier alpha value is -2.12. The second-order valence-corrected chi connectivity index (χ2v) is 4.82. The van der Waals surface area contributed by atoms with Crippen molar-refractivity contribution in [3.8, 4) is 6.07 Å². The average Bonchev–Trinajstić information content (AvgIpc) is 2.90. The molecule has 4 heteroatoms. The lowest BCUT2D eigenvalue weighted by Gasteiger charge is -2.10. The van der Waals surface area contributed by atoms with Crippen molar-refractivity contribution in [1.82, 2.24) is 9.88 Å². The number of hydrogen-bond acceptors (Lipinski definition) is 2. The topological polar surface area (TPSA) is 40.8 Å². The van der Waals surface area contributed by atoms with E-state index < -0.39 is 5.82 Å². The minimum Gasteiger partial charge on any atom is -0.350 e. The van der Waals surface area contributed by atoms with E-state index in [9.17, 15) is 4.39 Å². The molecule has 1 N–H and O–H groups in total. The summed E-state index contributed by atoms with van der Waals surface area (Å²) in [4.78, 5) is 0. The molecule has 3 nitrogen and oxygen atoms in total. The Morgan fingerprint density at radius 1 is 1.40 bits per heavy atom.